The Kier molecular flexibility index (Phi) is 6.78. The van der Waals surface area contributed by atoms with Gasteiger partial charge in [0.05, 0.1) is 20.3 Å². The fourth-order valence-electron chi connectivity index (χ4n) is 2.08. The van der Waals surface area contributed by atoms with Crippen LogP contribution >= 0.6 is 12.4 Å². The van der Waals surface area contributed by atoms with Crippen LogP contribution < -0.4 is 15.4 Å². The number of benzene rings is 1. The number of aryl methyl sites for hydroxylation is 1. The van der Waals surface area contributed by atoms with Crippen LogP contribution in [0, 0.1) is 6.92 Å². The normalized spacial score (nSPS) is 18.0. The first-order valence-electron chi connectivity index (χ1n) is 6.44. The second-order valence-electron chi connectivity index (χ2n) is 4.66. The molecule has 0 radical (unpaired) electrons. The highest BCUT2D eigenvalue weighted by Crippen LogP contribution is 2.21. The van der Waals surface area contributed by atoms with Crippen molar-refractivity contribution >= 4 is 24.0 Å². The van der Waals surface area contributed by atoms with Crippen LogP contribution in [0.3, 0.4) is 0 Å². The number of carbonyl (C=O) groups excluding carboxylic acids is 1. The number of rotatable bonds is 4. The van der Waals surface area contributed by atoms with E-state index in [0.29, 0.717) is 13.0 Å². The molecule has 1 atom stereocenters. The SMILES string of the molecule is COc1ccc(NC(=O)CC2COCCN2)c(C)c1.Cl. The highest BCUT2D eigenvalue weighted by atomic mass is 35.5. The molecule has 0 aliphatic carbocycles. The summed E-state index contributed by atoms with van der Waals surface area (Å²) in [6, 6.07) is 5.70. The molecule has 1 aromatic carbocycles. The van der Waals surface area contributed by atoms with Crippen molar-refractivity contribution < 1.29 is 14.3 Å². The number of hydrogen-bond donors (Lipinski definition) is 2. The molecule has 2 rings (SSSR count). The molecule has 1 aliphatic rings. The number of methoxy groups -OCH3 is 1. The Morgan fingerprint density at radius 2 is 2.35 bits per heavy atom. The molecule has 1 unspecified atom stereocenters. The third kappa shape index (κ3) is 4.67. The Labute approximate surface area is 125 Å². The Morgan fingerprint density at radius 1 is 1.55 bits per heavy atom. The number of hydrogen-bond acceptors (Lipinski definition) is 4. The topological polar surface area (TPSA) is 59.6 Å². The van der Waals surface area contributed by atoms with E-state index in [1.165, 1.54) is 0 Å². The second-order valence-corrected chi connectivity index (χ2v) is 4.66. The van der Waals surface area contributed by atoms with Crippen molar-refractivity contribution in [3.05, 3.63) is 23.8 Å². The van der Waals surface area contributed by atoms with Crippen molar-refractivity contribution in [2.45, 2.75) is 19.4 Å². The van der Waals surface area contributed by atoms with Gasteiger partial charge in [0.25, 0.3) is 0 Å². The Hall–Kier alpha value is -1.30. The van der Waals surface area contributed by atoms with Gasteiger partial charge in [0.2, 0.25) is 5.91 Å². The zero-order chi connectivity index (χ0) is 13.7. The lowest BCUT2D eigenvalue weighted by Crippen LogP contribution is -2.43. The van der Waals surface area contributed by atoms with E-state index in [2.05, 4.69) is 10.6 Å². The molecule has 112 valence electrons. The number of nitrogens with one attached hydrogen (secondary N) is 2. The minimum atomic E-state index is -0.00346. The van der Waals surface area contributed by atoms with Crippen LogP contribution in [-0.4, -0.2) is 38.8 Å². The van der Waals surface area contributed by atoms with Crippen molar-refractivity contribution in [3.8, 4) is 5.75 Å². The molecule has 5 nitrogen and oxygen atoms in total. The van der Waals surface area contributed by atoms with E-state index in [1.807, 2.05) is 25.1 Å². The van der Waals surface area contributed by atoms with E-state index in [0.717, 1.165) is 30.2 Å². The average molecular weight is 301 g/mol. The molecule has 1 aliphatic heterocycles. The molecule has 6 heteroatoms. The van der Waals surface area contributed by atoms with Gasteiger partial charge in [-0.1, -0.05) is 0 Å². The Morgan fingerprint density at radius 3 is 2.95 bits per heavy atom. The Bertz CT molecular complexity index is 448. The van der Waals surface area contributed by atoms with E-state index in [9.17, 15) is 4.79 Å². The predicted octanol–water partition coefficient (Wildman–Crippen LogP) is 1.74. The quantitative estimate of drug-likeness (QED) is 0.889. The van der Waals surface area contributed by atoms with Gasteiger partial charge in [-0.05, 0) is 30.7 Å². The van der Waals surface area contributed by atoms with Gasteiger partial charge < -0.3 is 20.1 Å². The molecule has 2 N–H and O–H groups in total. The van der Waals surface area contributed by atoms with Gasteiger partial charge in [-0.2, -0.15) is 0 Å². The lowest BCUT2D eigenvalue weighted by atomic mass is 10.1. The summed E-state index contributed by atoms with van der Waals surface area (Å²) in [5.41, 5.74) is 1.81. The van der Waals surface area contributed by atoms with Crippen LogP contribution in [-0.2, 0) is 9.53 Å². The summed E-state index contributed by atoms with van der Waals surface area (Å²) in [5, 5.41) is 6.18. The third-order valence-electron chi connectivity index (χ3n) is 3.14. The van der Waals surface area contributed by atoms with Crippen LogP contribution in [0.1, 0.15) is 12.0 Å². The standard InChI is InChI=1S/C14H20N2O3.ClH/c1-10-7-12(18-2)3-4-13(10)16-14(17)8-11-9-19-6-5-15-11;/h3-4,7,11,15H,5-6,8-9H2,1-2H3,(H,16,17);1H. The molecule has 0 saturated carbocycles. The molecular formula is C14H21ClN2O3. The summed E-state index contributed by atoms with van der Waals surface area (Å²) < 4.78 is 10.5. The lowest BCUT2D eigenvalue weighted by molar-refractivity contribution is -0.117. The number of morpholine rings is 1. The maximum atomic E-state index is 11.9. The van der Waals surface area contributed by atoms with Gasteiger partial charge in [-0.25, -0.2) is 0 Å². The van der Waals surface area contributed by atoms with Gasteiger partial charge in [0.1, 0.15) is 5.75 Å². The van der Waals surface area contributed by atoms with Crippen LogP contribution in [0.4, 0.5) is 5.69 Å². The fraction of sp³-hybridized carbons (Fsp3) is 0.500. The van der Waals surface area contributed by atoms with Gasteiger partial charge in [-0.3, -0.25) is 4.79 Å². The van der Waals surface area contributed by atoms with Crippen LogP contribution in [0.25, 0.3) is 0 Å². The first kappa shape index (κ1) is 16.8. The molecule has 0 bridgehead atoms. The van der Waals surface area contributed by atoms with Gasteiger partial charge in [0.15, 0.2) is 0 Å². The largest absolute Gasteiger partial charge is 0.497 e. The highest BCUT2D eigenvalue weighted by molar-refractivity contribution is 5.92. The van der Waals surface area contributed by atoms with E-state index in [-0.39, 0.29) is 24.4 Å². The van der Waals surface area contributed by atoms with Gasteiger partial charge in [0, 0.05) is 24.7 Å². The lowest BCUT2D eigenvalue weighted by Gasteiger charge is -2.23. The van der Waals surface area contributed by atoms with E-state index < -0.39 is 0 Å². The first-order valence-corrected chi connectivity index (χ1v) is 6.44. The molecular weight excluding hydrogens is 280 g/mol. The molecule has 1 heterocycles. The van der Waals surface area contributed by atoms with Gasteiger partial charge >= 0.3 is 0 Å². The van der Waals surface area contributed by atoms with Crippen molar-refractivity contribution in [2.75, 3.05) is 32.2 Å². The maximum Gasteiger partial charge on any atom is 0.226 e. The molecule has 1 fully saturated rings. The van der Waals surface area contributed by atoms with Crippen molar-refractivity contribution in [1.29, 1.82) is 0 Å². The number of anilines is 1. The molecule has 1 amide bonds. The van der Waals surface area contributed by atoms with Crippen LogP contribution in [0.15, 0.2) is 18.2 Å². The summed E-state index contributed by atoms with van der Waals surface area (Å²) in [4.78, 5) is 11.9. The highest BCUT2D eigenvalue weighted by Gasteiger charge is 2.17. The van der Waals surface area contributed by atoms with E-state index in [4.69, 9.17) is 9.47 Å². The van der Waals surface area contributed by atoms with Crippen molar-refractivity contribution in [2.24, 2.45) is 0 Å². The van der Waals surface area contributed by atoms with Crippen LogP contribution in [0.2, 0.25) is 0 Å². The summed E-state index contributed by atoms with van der Waals surface area (Å²) >= 11 is 0. The average Bonchev–Trinajstić information content (AvgIpc) is 2.42. The molecule has 0 spiro atoms. The summed E-state index contributed by atoms with van der Waals surface area (Å²) in [5.74, 6) is 0.786. The van der Waals surface area contributed by atoms with Gasteiger partial charge in [-0.15, -0.1) is 12.4 Å². The van der Waals surface area contributed by atoms with E-state index in [1.54, 1.807) is 7.11 Å². The van der Waals surface area contributed by atoms with E-state index >= 15 is 0 Å². The first-order chi connectivity index (χ1) is 9.19. The summed E-state index contributed by atoms with van der Waals surface area (Å²) in [6.07, 6.45) is 0.422. The summed E-state index contributed by atoms with van der Waals surface area (Å²) in [6.45, 7) is 4.06. The number of amides is 1. The Balaban J connectivity index is 0.00000200. The zero-order valence-electron chi connectivity index (χ0n) is 11.8. The monoisotopic (exact) mass is 300 g/mol. The second kappa shape index (κ2) is 8.09. The number of ether oxygens (including phenoxy) is 2. The zero-order valence-corrected chi connectivity index (χ0v) is 12.6. The third-order valence-corrected chi connectivity index (χ3v) is 3.14. The minimum absolute atomic E-state index is 0. The minimum Gasteiger partial charge on any atom is -0.497 e. The molecule has 1 saturated heterocycles. The van der Waals surface area contributed by atoms with Crippen LogP contribution in [0.5, 0.6) is 5.75 Å². The maximum absolute atomic E-state index is 11.9. The van der Waals surface area contributed by atoms with Crippen molar-refractivity contribution in [3.63, 3.8) is 0 Å². The molecule has 20 heavy (non-hydrogen) atoms. The van der Waals surface area contributed by atoms with Crippen molar-refractivity contribution in [1.82, 2.24) is 5.32 Å². The predicted molar refractivity (Wildman–Crippen MR) is 80.8 cm³/mol. The number of halogens is 1. The fourth-order valence-corrected chi connectivity index (χ4v) is 2.08. The molecule has 0 aromatic heterocycles. The summed E-state index contributed by atoms with van der Waals surface area (Å²) in [7, 11) is 1.63. The molecule has 1 aromatic rings. The smallest absolute Gasteiger partial charge is 0.226 e. The number of carbonyl (C=O) groups is 1.